The van der Waals surface area contributed by atoms with Crippen molar-refractivity contribution < 1.29 is 14.0 Å². The van der Waals surface area contributed by atoms with Crippen molar-refractivity contribution in [3.63, 3.8) is 0 Å². The Morgan fingerprint density at radius 1 is 1.12 bits per heavy atom. The molecular weight excluding hydrogens is 316 g/mol. The van der Waals surface area contributed by atoms with E-state index in [9.17, 15) is 9.59 Å². The molecule has 2 aromatic rings. The maximum Gasteiger partial charge on any atom is 0.245 e. The quantitative estimate of drug-likeness (QED) is 0.824. The molecule has 5 heteroatoms. The van der Waals surface area contributed by atoms with Gasteiger partial charge >= 0.3 is 0 Å². The molecule has 1 atom stereocenters. The SMILES string of the molecule is O=C(/C=C/c1ccco1)N[C@H](Cc1ccccc1)C(=O)N1CCCC1. The fraction of sp³-hybridized carbons (Fsp3) is 0.300. The summed E-state index contributed by atoms with van der Waals surface area (Å²) in [5.74, 6) is 0.284. The Morgan fingerprint density at radius 3 is 2.56 bits per heavy atom. The largest absolute Gasteiger partial charge is 0.465 e. The Morgan fingerprint density at radius 2 is 1.88 bits per heavy atom. The topological polar surface area (TPSA) is 62.6 Å². The molecule has 1 aliphatic rings. The van der Waals surface area contributed by atoms with Gasteiger partial charge in [0.05, 0.1) is 6.26 Å². The molecule has 1 fully saturated rings. The van der Waals surface area contributed by atoms with E-state index in [0.717, 1.165) is 31.5 Å². The first-order chi connectivity index (χ1) is 12.2. The van der Waals surface area contributed by atoms with E-state index in [2.05, 4.69) is 5.32 Å². The van der Waals surface area contributed by atoms with Crippen LogP contribution in [0.2, 0.25) is 0 Å². The average molecular weight is 338 g/mol. The molecule has 0 aliphatic carbocycles. The van der Waals surface area contributed by atoms with Crippen LogP contribution in [0.1, 0.15) is 24.2 Å². The number of benzene rings is 1. The molecule has 0 saturated carbocycles. The lowest BCUT2D eigenvalue weighted by molar-refractivity contribution is -0.134. The van der Waals surface area contributed by atoms with Crippen molar-refractivity contribution in [3.05, 3.63) is 66.1 Å². The second-order valence-electron chi connectivity index (χ2n) is 6.13. The molecule has 3 rings (SSSR count). The third-order valence-corrected chi connectivity index (χ3v) is 4.26. The highest BCUT2D eigenvalue weighted by Crippen LogP contribution is 2.12. The fourth-order valence-electron chi connectivity index (χ4n) is 2.97. The van der Waals surface area contributed by atoms with Gasteiger partial charge in [0.2, 0.25) is 11.8 Å². The second kappa shape index (κ2) is 8.33. The van der Waals surface area contributed by atoms with Gasteiger partial charge in [-0.25, -0.2) is 0 Å². The highest BCUT2D eigenvalue weighted by atomic mass is 16.3. The minimum absolute atomic E-state index is 0.0129. The second-order valence-corrected chi connectivity index (χ2v) is 6.13. The summed E-state index contributed by atoms with van der Waals surface area (Å²) < 4.78 is 5.17. The lowest BCUT2D eigenvalue weighted by atomic mass is 10.0. The minimum Gasteiger partial charge on any atom is -0.465 e. The molecular formula is C20H22N2O3. The molecule has 1 aliphatic heterocycles. The first kappa shape index (κ1) is 17.0. The first-order valence-corrected chi connectivity index (χ1v) is 8.57. The predicted molar refractivity (Wildman–Crippen MR) is 95.6 cm³/mol. The van der Waals surface area contributed by atoms with E-state index >= 15 is 0 Å². The molecule has 0 unspecified atom stereocenters. The van der Waals surface area contributed by atoms with Gasteiger partial charge in [0.25, 0.3) is 0 Å². The molecule has 1 N–H and O–H groups in total. The molecule has 1 aromatic carbocycles. The highest BCUT2D eigenvalue weighted by molar-refractivity contribution is 5.95. The van der Waals surface area contributed by atoms with Crippen LogP contribution in [0, 0.1) is 0 Å². The number of likely N-dealkylation sites (tertiary alicyclic amines) is 1. The van der Waals surface area contributed by atoms with Crippen LogP contribution in [-0.2, 0) is 16.0 Å². The summed E-state index contributed by atoms with van der Waals surface area (Å²) in [5.41, 5.74) is 1.02. The summed E-state index contributed by atoms with van der Waals surface area (Å²) >= 11 is 0. The van der Waals surface area contributed by atoms with E-state index in [-0.39, 0.29) is 11.8 Å². The third kappa shape index (κ3) is 4.83. The van der Waals surface area contributed by atoms with Crippen molar-refractivity contribution in [2.75, 3.05) is 13.1 Å². The minimum atomic E-state index is -0.561. The van der Waals surface area contributed by atoms with Gasteiger partial charge in [-0.15, -0.1) is 0 Å². The standard InChI is InChI=1S/C20H22N2O3/c23-19(11-10-17-9-6-14-25-17)21-18(15-16-7-2-1-3-8-16)20(24)22-12-4-5-13-22/h1-3,6-11,14,18H,4-5,12-13,15H2,(H,21,23)/b11-10+/t18-/m1/s1. The summed E-state index contributed by atoms with van der Waals surface area (Å²) in [6, 6.07) is 12.7. The number of furan rings is 1. The number of carbonyl (C=O) groups excluding carboxylic acids is 2. The van der Waals surface area contributed by atoms with Crippen LogP contribution in [0.4, 0.5) is 0 Å². The zero-order valence-corrected chi connectivity index (χ0v) is 14.1. The lowest BCUT2D eigenvalue weighted by Gasteiger charge is -2.23. The maximum absolute atomic E-state index is 12.8. The molecule has 0 spiro atoms. The van der Waals surface area contributed by atoms with Crippen LogP contribution in [0.3, 0.4) is 0 Å². The Kier molecular flexibility index (Phi) is 5.67. The average Bonchev–Trinajstić information content (AvgIpc) is 3.33. The molecule has 1 aromatic heterocycles. The Balaban J connectivity index is 1.68. The van der Waals surface area contributed by atoms with Crippen LogP contribution in [0.5, 0.6) is 0 Å². The van der Waals surface area contributed by atoms with Crippen LogP contribution < -0.4 is 5.32 Å². The molecule has 2 amide bonds. The number of nitrogens with one attached hydrogen (secondary N) is 1. The maximum atomic E-state index is 12.8. The van der Waals surface area contributed by atoms with Crippen molar-refractivity contribution in [2.24, 2.45) is 0 Å². The zero-order chi connectivity index (χ0) is 17.5. The predicted octanol–water partition coefficient (Wildman–Crippen LogP) is 2.64. The summed E-state index contributed by atoms with van der Waals surface area (Å²) in [4.78, 5) is 26.9. The van der Waals surface area contributed by atoms with Crippen molar-refractivity contribution >= 4 is 17.9 Å². The van der Waals surface area contributed by atoms with Crippen LogP contribution in [0.25, 0.3) is 6.08 Å². The van der Waals surface area contributed by atoms with Gasteiger partial charge in [-0.2, -0.15) is 0 Å². The smallest absolute Gasteiger partial charge is 0.245 e. The van der Waals surface area contributed by atoms with Crippen molar-refractivity contribution in [2.45, 2.75) is 25.3 Å². The number of carbonyl (C=O) groups is 2. The summed E-state index contributed by atoms with van der Waals surface area (Å²) in [6.07, 6.45) is 7.07. The van der Waals surface area contributed by atoms with E-state index in [1.54, 1.807) is 24.5 Å². The van der Waals surface area contributed by atoms with Gasteiger partial charge in [-0.1, -0.05) is 30.3 Å². The number of amides is 2. The van der Waals surface area contributed by atoms with Crippen LogP contribution in [-0.4, -0.2) is 35.8 Å². The first-order valence-electron chi connectivity index (χ1n) is 8.57. The molecule has 1 saturated heterocycles. The van der Waals surface area contributed by atoms with E-state index in [1.807, 2.05) is 35.2 Å². The van der Waals surface area contributed by atoms with E-state index < -0.39 is 6.04 Å². The Labute approximate surface area is 147 Å². The van der Waals surface area contributed by atoms with Crippen molar-refractivity contribution in [1.29, 1.82) is 0 Å². The number of rotatable bonds is 6. The summed E-state index contributed by atoms with van der Waals surface area (Å²) in [5, 5.41) is 2.85. The molecule has 0 radical (unpaired) electrons. The number of nitrogens with zero attached hydrogens (tertiary/aromatic N) is 1. The van der Waals surface area contributed by atoms with Crippen molar-refractivity contribution in [3.8, 4) is 0 Å². The Hall–Kier alpha value is -2.82. The molecule has 130 valence electrons. The van der Waals surface area contributed by atoms with Gasteiger partial charge in [0.1, 0.15) is 11.8 Å². The van der Waals surface area contributed by atoms with Gasteiger partial charge in [-0.05, 0) is 36.6 Å². The van der Waals surface area contributed by atoms with E-state index in [4.69, 9.17) is 4.42 Å². The zero-order valence-electron chi connectivity index (χ0n) is 14.1. The summed E-state index contributed by atoms with van der Waals surface area (Å²) in [6.45, 7) is 1.53. The summed E-state index contributed by atoms with van der Waals surface area (Å²) in [7, 11) is 0. The molecule has 2 heterocycles. The van der Waals surface area contributed by atoms with E-state index in [1.165, 1.54) is 6.08 Å². The number of hydrogen-bond acceptors (Lipinski definition) is 3. The van der Waals surface area contributed by atoms with Gasteiger partial charge < -0.3 is 14.6 Å². The normalized spacial score (nSPS) is 15.4. The van der Waals surface area contributed by atoms with Crippen LogP contribution in [0.15, 0.2) is 59.2 Å². The monoisotopic (exact) mass is 338 g/mol. The van der Waals surface area contributed by atoms with Crippen LogP contribution >= 0.6 is 0 Å². The molecule has 0 bridgehead atoms. The van der Waals surface area contributed by atoms with Gasteiger partial charge in [0, 0.05) is 25.6 Å². The lowest BCUT2D eigenvalue weighted by Crippen LogP contribution is -2.48. The molecule has 25 heavy (non-hydrogen) atoms. The molecule has 5 nitrogen and oxygen atoms in total. The third-order valence-electron chi connectivity index (χ3n) is 4.26. The van der Waals surface area contributed by atoms with Gasteiger partial charge in [0.15, 0.2) is 0 Å². The van der Waals surface area contributed by atoms with E-state index in [0.29, 0.717) is 12.2 Å². The number of hydrogen-bond donors (Lipinski definition) is 1. The highest BCUT2D eigenvalue weighted by Gasteiger charge is 2.27. The fourth-order valence-corrected chi connectivity index (χ4v) is 2.97. The van der Waals surface area contributed by atoms with Gasteiger partial charge in [-0.3, -0.25) is 9.59 Å². The Bertz CT molecular complexity index is 717. The van der Waals surface area contributed by atoms with Crippen molar-refractivity contribution in [1.82, 2.24) is 10.2 Å².